The van der Waals surface area contributed by atoms with Gasteiger partial charge in [0.15, 0.2) is 0 Å². The third kappa shape index (κ3) is 5.54. The summed E-state index contributed by atoms with van der Waals surface area (Å²) in [5, 5.41) is 2.50. The molecule has 0 aliphatic carbocycles. The number of alkyl halides is 4. The Labute approximate surface area is 137 Å². The summed E-state index contributed by atoms with van der Waals surface area (Å²) in [6.07, 6.45) is -0.517. The zero-order valence-electron chi connectivity index (χ0n) is 12.3. The first-order valence-electron chi connectivity index (χ1n) is 6.67. The lowest BCUT2D eigenvalue weighted by atomic mass is 10.1. The van der Waals surface area contributed by atoms with Crippen LogP contribution in [-0.4, -0.2) is 43.0 Å². The van der Waals surface area contributed by atoms with Crippen molar-refractivity contribution < 1.29 is 27.1 Å². The molecule has 0 spiro atoms. The number of nitrogens with one attached hydrogen (secondary N) is 1. The highest BCUT2D eigenvalue weighted by molar-refractivity contribution is 5.85. The van der Waals surface area contributed by atoms with E-state index in [2.05, 4.69) is 10.1 Å². The van der Waals surface area contributed by atoms with Gasteiger partial charge >= 0.3 is 6.61 Å². The molecule has 1 aliphatic heterocycles. The van der Waals surface area contributed by atoms with Gasteiger partial charge in [-0.15, -0.1) is 12.4 Å². The second kappa shape index (κ2) is 7.83. The van der Waals surface area contributed by atoms with Gasteiger partial charge < -0.3 is 9.64 Å². The predicted molar refractivity (Wildman–Crippen MR) is 78.2 cm³/mol. The molecule has 0 radical (unpaired) electrons. The standard InChI is InChI=1S/C14H16F4N2O2.ClH/c1-20(12(21)11-6-14(17,18)8-19-11)7-9-2-4-10(5-3-9)22-13(15)16;/h2-5,11,13,19H,6-8H2,1H3;1H. The van der Waals surface area contributed by atoms with E-state index in [1.54, 1.807) is 0 Å². The van der Waals surface area contributed by atoms with E-state index in [0.29, 0.717) is 5.56 Å². The van der Waals surface area contributed by atoms with Crippen molar-refractivity contribution in [3.05, 3.63) is 29.8 Å². The van der Waals surface area contributed by atoms with Crippen molar-refractivity contribution >= 4 is 18.3 Å². The summed E-state index contributed by atoms with van der Waals surface area (Å²) in [5.41, 5.74) is 0.683. The lowest BCUT2D eigenvalue weighted by molar-refractivity contribution is -0.132. The van der Waals surface area contributed by atoms with Crippen LogP contribution in [0.2, 0.25) is 0 Å². The van der Waals surface area contributed by atoms with E-state index in [-0.39, 0.29) is 24.7 Å². The van der Waals surface area contributed by atoms with Gasteiger partial charge in [-0.2, -0.15) is 8.78 Å². The minimum Gasteiger partial charge on any atom is -0.435 e. The van der Waals surface area contributed by atoms with Crippen LogP contribution in [0.25, 0.3) is 0 Å². The SMILES string of the molecule is CN(Cc1ccc(OC(F)F)cc1)C(=O)C1CC(F)(F)CN1.Cl. The Morgan fingerprint density at radius 2 is 2.00 bits per heavy atom. The minimum absolute atomic E-state index is 0. The lowest BCUT2D eigenvalue weighted by Gasteiger charge is -2.21. The fraction of sp³-hybridized carbons (Fsp3) is 0.500. The number of likely N-dealkylation sites (N-methyl/N-ethyl adjacent to an activating group) is 1. The van der Waals surface area contributed by atoms with Crippen LogP contribution in [0, 0.1) is 0 Å². The molecular weight excluding hydrogens is 340 g/mol. The molecule has 1 N–H and O–H groups in total. The van der Waals surface area contributed by atoms with E-state index in [1.807, 2.05) is 0 Å². The highest BCUT2D eigenvalue weighted by Crippen LogP contribution is 2.26. The molecule has 0 bridgehead atoms. The van der Waals surface area contributed by atoms with Gasteiger partial charge in [-0.25, -0.2) is 8.78 Å². The summed E-state index contributed by atoms with van der Waals surface area (Å²) in [5.74, 6) is -3.27. The Morgan fingerprint density at radius 1 is 1.39 bits per heavy atom. The fourth-order valence-corrected chi connectivity index (χ4v) is 2.28. The summed E-state index contributed by atoms with van der Waals surface area (Å²) < 4.78 is 54.4. The third-order valence-electron chi connectivity index (χ3n) is 3.35. The van der Waals surface area contributed by atoms with Crippen molar-refractivity contribution in [2.75, 3.05) is 13.6 Å². The maximum Gasteiger partial charge on any atom is 0.387 e. The molecule has 1 aliphatic rings. The highest BCUT2D eigenvalue weighted by atomic mass is 35.5. The lowest BCUT2D eigenvalue weighted by Crippen LogP contribution is -2.41. The van der Waals surface area contributed by atoms with Crippen LogP contribution in [0.3, 0.4) is 0 Å². The number of rotatable bonds is 5. The van der Waals surface area contributed by atoms with Gasteiger partial charge in [-0.1, -0.05) is 12.1 Å². The number of carbonyl (C=O) groups excluding carboxylic acids is 1. The molecule has 23 heavy (non-hydrogen) atoms. The fourth-order valence-electron chi connectivity index (χ4n) is 2.28. The minimum atomic E-state index is -2.90. The molecule has 1 heterocycles. The summed E-state index contributed by atoms with van der Waals surface area (Å²) in [6, 6.07) is 4.90. The van der Waals surface area contributed by atoms with Crippen LogP contribution >= 0.6 is 12.4 Å². The average Bonchev–Trinajstić information content (AvgIpc) is 2.80. The number of ether oxygens (including phenoxy) is 1. The summed E-state index contributed by atoms with van der Waals surface area (Å²) in [4.78, 5) is 13.4. The van der Waals surface area contributed by atoms with E-state index >= 15 is 0 Å². The number of hydrogen-bond acceptors (Lipinski definition) is 3. The molecule has 9 heteroatoms. The van der Waals surface area contributed by atoms with E-state index in [0.717, 1.165) is 0 Å². The van der Waals surface area contributed by atoms with Crippen molar-refractivity contribution in [1.29, 1.82) is 0 Å². The maximum atomic E-state index is 13.1. The number of nitrogens with zero attached hydrogens (tertiary/aromatic N) is 1. The number of carbonyl (C=O) groups is 1. The largest absolute Gasteiger partial charge is 0.435 e. The van der Waals surface area contributed by atoms with Gasteiger partial charge in [-0.05, 0) is 17.7 Å². The molecule has 0 aromatic heterocycles. The molecule has 1 amide bonds. The van der Waals surface area contributed by atoms with Crippen LogP contribution in [-0.2, 0) is 11.3 Å². The van der Waals surface area contributed by atoms with Gasteiger partial charge in [0.1, 0.15) is 5.75 Å². The Balaban J connectivity index is 0.00000264. The zero-order valence-corrected chi connectivity index (χ0v) is 13.1. The van der Waals surface area contributed by atoms with Crippen molar-refractivity contribution in [3.63, 3.8) is 0 Å². The first kappa shape index (κ1) is 19.5. The molecule has 2 rings (SSSR count). The Hall–Kier alpha value is -1.54. The Bertz CT molecular complexity index is 528. The second-order valence-electron chi connectivity index (χ2n) is 5.21. The second-order valence-corrected chi connectivity index (χ2v) is 5.21. The molecular formula is C14H17ClF4N2O2. The molecule has 1 atom stereocenters. The number of halogens is 5. The van der Waals surface area contributed by atoms with Crippen molar-refractivity contribution in [2.24, 2.45) is 0 Å². The first-order chi connectivity index (χ1) is 10.3. The van der Waals surface area contributed by atoms with Crippen LogP contribution in [0.1, 0.15) is 12.0 Å². The predicted octanol–water partition coefficient (Wildman–Crippen LogP) is 2.67. The highest BCUT2D eigenvalue weighted by Gasteiger charge is 2.43. The van der Waals surface area contributed by atoms with Crippen molar-refractivity contribution in [3.8, 4) is 5.75 Å². The monoisotopic (exact) mass is 356 g/mol. The van der Waals surface area contributed by atoms with Gasteiger partial charge in [0.2, 0.25) is 5.91 Å². The van der Waals surface area contributed by atoms with Crippen molar-refractivity contribution in [2.45, 2.75) is 31.5 Å². The zero-order chi connectivity index (χ0) is 16.3. The van der Waals surface area contributed by atoms with Crippen LogP contribution in [0.5, 0.6) is 5.75 Å². The quantitative estimate of drug-likeness (QED) is 0.825. The molecule has 130 valence electrons. The van der Waals surface area contributed by atoms with E-state index in [1.165, 1.54) is 36.2 Å². The number of hydrogen-bond donors (Lipinski definition) is 1. The van der Waals surface area contributed by atoms with Gasteiger partial charge in [0.05, 0.1) is 12.6 Å². The normalized spacial score (nSPS) is 19.3. The van der Waals surface area contributed by atoms with E-state index < -0.39 is 37.4 Å². The van der Waals surface area contributed by atoms with Crippen LogP contribution in [0.4, 0.5) is 17.6 Å². The Morgan fingerprint density at radius 3 is 2.48 bits per heavy atom. The third-order valence-corrected chi connectivity index (χ3v) is 3.35. The smallest absolute Gasteiger partial charge is 0.387 e. The summed E-state index contributed by atoms with van der Waals surface area (Å²) in [7, 11) is 1.50. The topological polar surface area (TPSA) is 41.6 Å². The van der Waals surface area contributed by atoms with E-state index in [9.17, 15) is 22.4 Å². The Kier molecular flexibility index (Phi) is 6.64. The molecule has 0 saturated carbocycles. The summed E-state index contributed by atoms with van der Waals surface area (Å²) >= 11 is 0. The average molecular weight is 357 g/mol. The van der Waals surface area contributed by atoms with Gasteiger partial charge in [0.25, 0.3) is 5.92 Å². The molecule has 1 saturated heterocycles. The molecule has 1 unspecified atom stereocenters. The van der Waals surface area contributed by atoms with Gasteiger partial charge in [0, 0.05) is 20.0 Å². The first-order valence-corrected chi connectivity index (χ1v) is 6.67. The summed E-state index contributed by atoms with van der Waals surface area (Å²) in [6.45, 7) is -3.21. The van der Waals surface area contributed by atoms with Gasteiger partial charge in [-0.3, -0.25) is 10.1 Å². The molecule has 1 fully saturated rings. The van der Waals surface area contributed by atoms with Crippen LogP contribution in [0.15, 0.2) is 24.3 Å². The number of benzene rings is 1. The molecule has 4 nitrogen and oxygen atoms in total. The van der Waals surface area contributed by atoms with Crippen LogP contribution < -0.4 is 10.1 Å². The van der Waals surface area contributed by atoms with Crippen molar-refractivity contribution in [1.82, 2.24) is 10.2 Å². The molecule has 1 aromatic rings. The number of amides is 1. The maximum absolute atomic E-state index is 13.1. The molecule has 1 aromatic carbocycles. The van der Waals surface area contributed by atoms with E-state index in [4.69, 9.17) is 0 Å².